The lowest BCUT2D eigenvalue weighted by atomic mass is 10.2. The summed E-state index contributed by atoms with van der Waals surface area (Å²) in [7, 11) is -3.89. The van der Waals surface area contributed by atoms with Gasteiger partial charge in [0.05, 0.1) is 22.5 Å². The Morgan fingerprint density at radius 2 is 2.04 bits per heavy atom. The van der Waals surface area contributed by atoms with Crippen molar-refractivity contribution in [3.63, 3.8) is 0 Å². The zero-order valence-corrected chi connectivity index (χ0v) is 14.3. The van der Waals surface area contributed by atoms with Gasteiger partial charge in [-0.3, -0.25) is 9.10 Å². The first-order valence-corrected chi connectivity index (χ1v) is 8.91. The van der Waals surface area contributed by atoms with Gasteiger partial charge in [-0.2, -0.15) is 13.2 Å². The maximum Gasteiger partial charge on any atom is 0.417 e. The van der Waals surface area contributed by atoms with Gasteiger partial charge in [0.1, 0.15) is 0 Å². The highest BCUT2D eigenvalue weighted by molar-refractivity contribution is 7.92. The number of sulfonamides is 1. The van der Waals surface area contributed by atoms with E-state index in [1.165, 1.54) is 6.08 Å². The first kappa shape index (κ1) is 20.3. The first-order chi connectivity index (χ1) is 11.0. The highest BCUT2D eigenvalue weighted by Gasteiger charge is 2.34. The molecule has 0 aliphatic carbocycles. The average Bonchev–Trinajstić information content (AvgIpc) is 2.44. The smallest absolute Gasteiger partial charge is 0.353 e. The molecule has 0 aromatic heterocycles. The summed E-state index contributed by atoms with van der Waals surface area (Å²) in [6.45, 7) is 3.32. The number of anilines is 1. The molecule has 0 heterocycles. The minimum Gasteiger partial charge on any atom is -0.353 e. The van der Waals surface area contributed by atoms with Crippen molar-refractivity contribution < 1.29 is 26.4 Å². The van der Waals surface area contributed by atoms with E-state index >= 15 is 0 Å². The summed E-state index contributed by atoms with van der Waals surface area (Å²) in [5.41, 5.74) is -1.36. The SMILES string of the molecule is C=CCNC(=O)CCN(c1ccc(Cl)c(C(F)(F)F)c1)S(C)(=O)=O. The molecule has 1 aromatic rings. The molecule has 1 rings (SSSR count). The van der Waals surface area contributed by atoms with Gasteiger partial charge in [0.2, 0.25) is 15.9 Å². The Bertz CT molecular complexity index is 720. The summed E-state index contributed by atoms with van der Waals surface area (Å²) >= 11 is 5.52. The number of hydrogen-bond donors (Lipinski definition) is 1. The molecule has 0 saturated carbocycles. The summed E-state index contributed by atoms with van der Waals surface area (Å²) in [5, 5.41) is 1.92. The Morgan fingerprint density at radius 1 is 1.42 bits per heavy atom. The highest BCUT2D eigenvalue weighted by Crippen LogP contribution is 2.37. The Morgan fingerprint density at radius 3 is 2.54 bits per heavy atom. The summed E-state index contributed by atoms with van der Waals surface area (Å²) in [4.78, 5) is 11.6. The quantitative estimate of drug-likeness (QED) is 0.735. The number of nitrogens with zero attached hydrogens (tertiary/aromatic N) is 1. The number of rotatable bonds is 7. The van der Waals surface area contributed by atoms with Crippen LogP contribution >= 0.6 is 11.6 Å². The molecule has 10 heteroatoms. The standard InChI is InChI=1S/C14H16ClF3N2O3S/c1-3-7-19-13(21)6-8-20(24(2,22)23)10-4-5-12(15)11(9-10)14(16,17)18/h3-5,9H,1,6-8H2,2H3,(H,19,21). The third-order valence-electron chi connectivity index (χ3n) is 2.93. The van der Waals surface area contributed by atoms with E-state index in [0.29, 0.717) is 6.07 Å². The average molecular weight is 385 g/mol. The van der Waals surface area contributed by atoms with Gasteiger partial charge < -0.3 is 5.32 Å². The molecule has 0 spiro atoms. The Labute approximate surface area is 143 Å². The van der Waals surface area contributed by atoms with Crippen LogP contribution in [0.5, 0.6) is 0 Å². The molecule has 5 nitrogen and oxygen atoms in total. The van der Waals surface area contributed by atoms with Gasteiger partial charge in [0, 0.05) is 19.5 Å². The fourth-order valence-electron chi connectivity index (χ4n) is 1.85. The number of alkyl halides is 3. The van der Waals surface area contributed by atoms with Crippen LogP contribution in [-0.4, -0.2) is 33.7 Å². The maximum atomic E-state index is 12.9. The minimum absolute atomic E-state index is 0.205. The van der Waals surface area contributed by atoms with Crippen molar-refractivity contribution in [3.05, 3.63) is 41.4 Å². The second-order valence-corrected chi connectivity index (χ2v) is 7.15. The van der Waals surface area contributed by atoms with E-state index in [1.807, 2.05) is 0 Å². The number of nitrogens with one attached hydrogen (secondary N) is 1. The lowest BCUT2D eigenvalue weighted by Gasteiger charge is -2.23. The zero-order chi connectivity index (χ0) is 18.5. The fourth-order valence-corrected chi connectivity index (χ4v) is 2.99. The van der Waals surface area contributed by atoms with Gasteiger partial charge in [-0.25, -0.2) is 8.42 Å². The van der Waals surface area contributed by atoms with Gasteiger partial charge in [-0.1, -0.05) is 17.7 Å². The molecule has 0 aliphatic heterocycles. The van der Waals surface area contributed by atoms with E-state index < -0.39 is 32.7 Å². The summed E-state index contributed by atoms with van der Waals surface area (Å²) in [5.74, 6) is -0.450. The van der Waals surface area contributed by atoms with Crippen molar-refractivity contribution in [1.29, 1.82) is 0 Å². The minimum atomic E-state index is -4.72. The van der Waals surface area contributed by atoms with Crippen molar-refractivity contribution in [2.24, 2.45) is 0 Å². The van der Waals surface area contributed by atoms with Gasteiger partial charge in [0.15, 0.2) is 0 Å². The van der Waals surface area contributed by atoms with E-state index in [2.05, 4.69) is 11.9 Å². The molecule has 134 valence electrons. The van der Waals surface area contributed by atoms with Crippen LogP contribution < -0.4 is 9.62 Å². The molecular weight excluding hydrogens is 369 g/mol. The normalized spacial score (nSPS) is 11.9. The third-order valence-corrected chi connectivity index (χ3v) is 4.45. The Kier molecular flexibility index (Phi) is 6.67. The number of carbonyl (C=O) groups is 1. The summed E-state index contributed by atoms with van der Waals surface area (Å²) < 4.78 is 63.2. The molecule has 0 unspecified atom stereocenters. The van der Waals surface area contributed by atoms with E-state index in [9.17, 15) is 26.4 Å². The summed E-state index contributed by atoms with van der Waals surface area (Å²) in [6.07, 6.45) is -2.65. The lowest BCUT2D eigenvalue weighted by molar-refractivity contribution is -0.137. The van der Waals surface area contributed by atoms with Crippen LogP contribution in [0.4, 0.5) is 18.9 Å². The van der Waals surface area contributed by atoms with Crippen LogP contribution in [0.1, 0.15) is 12.0 Å². The van der Waals surface area contributed by atoms with Crippen molar-refractivity contribution in [3.8, 4) is 0 Å². The number of amides is 1. The second-order valence-electron chi connectivity index (χ2n) is 4.84. The molecule has 0 aliphatic rings. The molecule has 1 aromatic carbocycles. The van der Waals surface area contributed by atoms with E-state index in [1.54, 1.807) is 0 Å². The molecule has 0 bridgehead atoms. The Hall–Kier alpha value is -1.74. The number of carbonyl (C=O) groups excluding carboxylic acids is 1. The van der Waals surface area contributed by atoms with Crippen LogP contribution in [-0.2, 0) is 21.0 Å². The van der Waals surface area contributed by atoms with Crippen LogP contribution in [0.2, 0.25) is 5.02 Å². The third kappa shape index (κ3) is 5.72. The number of halogens is 4. The van der Waals surface area contributed by atoms with Crippen LogP contribution in [0, 0.1) is 0 Å². The van der Waals surface area contributed by atoms with Gasteiger partial charge >= 0.3 is 6.18 Å². The van der Waals surface area contributed by atoms with Crippen LogP contribution in [0.25, 0.3) is 0 Å². The predicted octanol–water partition coefficient (Wildman–Crippen LogP) is 2.82. The summed E-state index contributed by atoms with van der Waals surface area (Å²) in [6, 6.07) is 2.76. The van der Waals surface area contributed by atoms with Gasteiger partial charge in [-0.05, 0) is 18.2 Å². The molecule has 1 N–H and O–H groups in total. The van der Waals surface area contributed by atoms with Gasteiger partial charge in [-0.15, -0.1) is 6.58 Å². The monoisotopic (exact) mass is 384 g/mol. The van der Waals surface area contributed by atoms with Crippen molar-refractivity contribution in [2.75, 3.05) is 23.7 Å². The highest BCUT2D eigenvalue weighted by atomic mass is 35.5. The fraction of sp³-hybridized carbons (Fsp3) is 0.357. The number of hydrogen-bond acceptors (Lipinski definition) is 3. The molecule has 0 radical (unpaired) electrons. The lowest BCUT2D eigenvalue weighted by Crippen LogP contribution is -2.34. The van der Waals surface area contributed by atoms with E-state index in [-0.39, 0.29) is 25.2 Å². The van der Waals surface area contributed by atoms with E-state index in [4.69, 9.17) is 11.6 Å². The molecule has 0 saturated heterocycles. The molecule has 0 atom stereocenters. The van der Waals surface area contributed by atoms with Gasteiger partial charge in [0.25, 0.3) is 0 Å². The predicted molar refractivity (Wildman–Crippen MR) is 86.5 cm³/mol. The Balaban J connectivity index is 3.10. The largest absolute Gasteiger partial charge is 0.417 e. The van der Waals surface area contributed by atoms with Crippen molar-refractivity contribution in [2.45, 2.75) is 12.6 Å². The van der Waals surface area contributed by atoms with Crippen molar-refractivity contribution in [1.82, 2.24) is 5.32 Å². The molecule has 1 amide bonds. The van der Waals surface area contributed by atoms with E-state index in [0.717, 1.165) is 22.7 Å². The molecule has 24 heavy (non-hydrogen) atoms. The number of benzene rings is 1. The molecular formula is C14H16ClF3N2O3S. The van der Waals surface area contributed by atoms with Crippen LogP contribution in [0.15, 0.2) is 30.9 Å². The first-order valence-electron chi connectivity index (χ1n) is 6.69. The maximum absolute atomic E-state index is 12.9. The van der Waals surface area contributed by atoms with Crippen LogP contribution in [0.3, 0.4) is 0 Å². The molecule has 0 fully saturated rings. The zero-order valence-electron chi connectivity index (χ0n) is 12.7. The second kappa shape index (κ2) is 7.89. The topological polar surface area (TPSA) is 66.5 Å². The van der Waals surface area contributed by atoms with Crippen molar-refractivity contribution >= 4 is 33.2 Å².